The zero-order chi connectivity index (χ0) is 15.1. The van der Waals surface area contributed by atoms with Gasteiger partial charge in [-0.25, -0.2) is 0 Å². The predicted octanol–water partition coefficient (Wildman–Crippen LogP) is 1.90. The highest BCUT2D eigenvalue weighted by atomic mass is 16.5. The van der Waals surface area contributed by atoms with E-state index in [0.29, 0.717) is 19.7 Å². The van der Waals surface area contributed by atoms with Crippen LogP contribution in [0.2, 0.25) is 0 Å². The summed E-state index contributed by atoms with van der Waals surface area (Å²) < 4.78 is 5.04. The minimum atomic E-state index is -0.203. The molecule has 1 saturated heterocycles. The van der Waals surface area contributed by atoms with Crippen molar-refractivity contribution in [2.24, 2.45) is 5.92 Å². The van der Waals surface area contributed by atoms with Gasteiger partial charge in [-0.05, 0) is 37.5 Å². The fourth-order valence-electron chi connectivity index (χ4n) is 2.38. The maximum Gasteiger partial charge on any atom is 0.310 e. The molecular weight excluding hydrogens is 268 g/mol. The van der Waals surface area contributed by atoms with E-state index in [4.69, 9.17) is 4.74 Å². The van der Waals surface area contributed by atoms with Crippen LogP contribution in [-0.4, -0.2) is 41.5 Å². The third kappa shape index (κ3) is 4.41. The number of ether oxygens (including phenoxy) is 1. The van der Waals surface area contributed by atoms with E-state index >= 15 is 0 Å². The number of hydrogen-bond acceptors (Lipinski definition) is 4. The molecular formula is C16H20N2O3. The minimum Gasteiger partial charge on any atom is -0.466 e. The van der Waals surface area contributed by atoms with E-state index in [2.05, 4.69) is 4.98 Å². The molecule has 1 aliphatic heterocycles. The van der Waals surface area contributed by atoms with Gasteiger partial charge < -0.3 is 9.64 Å². The lowest BCUT2D eigenvalue weighted by Gasteiger charge is -2.30. The number of carbonyl (C=O) groups excluding carboxylic acids is 2. The zero-order valence-corrected chi connectivity index (χ0v) is 12.2. The molecule has 2 rings (SSSR count). The van der Waals surface area contributed by atoms with Crippen LogP contribution in [0.1, 0.15) is 25.3 Å². The molecule has 0 aliphatic carbocycles. The molecule has 5 nitrogen and oxygen atoms in total. The molecule has 0 spiro atoms. The Morgan fingerprint density at radius 1 is 1.52 bits per heavy atom. The average molecular weight is 288 g/mol. The van der Waals surface area contributed by atoms with Crippen LogP contribution in [0.25, 0.3) is 6.08 Å². The maximum atomic E-state index is 12.2. The molecule has 1 aliphatic rings. The predicted molar refractivity (Wildman–Crippen MR) is 79.2 cm³/mol. The van der Waals surface area contributed by atoms with Crippen molar-refractivity contribution in [3.05, 3.63) is 36.2 Å². The van der Waals surface area contributed by atoms with E-state index < -0.39 is 0 Å². The van der Waals surface area contributed by atoms with Crippen molar-refractivity contribution in [3.63, 3.8) is 0 Å². The standard InChI is InChI=1S/C16H20N2O3/c1-2-21-16(20)14-6-4-10-18(12-14)15(19)8-7-13-5-3-9-17-11-13/h3,5,7-9,11,14H,2,4,6,10,12H2,1H3/b8-7+. The summed E-state index contributed by atoms with van der Waals surface area (Å²) in [4.78, 5) is 29.6. The van der Waals surface area contributed by atoms with E-state index in [0.717, 1.165) is 18.4 Å². The van der Waals surface area contributed by atoms with E-state index in [1.807, 2.05) is 12.1 Å². The number of amides is 1. The fourth-order valence-corrected chi connectivity index (χ4v) is 2.38. The molecule has 0 aromatic carbocycles. The summed E-state index contributed by atoms with van der Waals surface area (Å²) in [5.74, 6) is -0.478. The number of esters is 1. The molecule has 1 atom stereocenters. The molecule has 1 aromatic heterocycles. The van der Waals surface area contributed by atoms with Crippen molar-refractivity contribution in [2.75, 3.05) is 19.7 Å². The second-order valence-corrected chi connectivity index (χ2v) is 5.00. The Balaban J connectivity index is 1.93. The van der Waals surface area contributed by atoms with Gasteiger partial charge in [0.05, 0.1) is 12.5 Å². The van der Waals surface area contributed by atoms with E-state index in [-0.39, 0.29) is 17.8 Å². The second-order valence-electron chi connectivity index (χ2n) is 5.00. The highest BCUT2D eigenvalue weighted by Crippen LogP contribution is 2.18. The Morgan fingerprint density at radius 2 is 2.38 bits per heavy atom. The summed E-state index contributed by atoms with van der Waals surface area (Å²) >= 11 is 0. The van der Waals surface area contributed by atoms with E-state index in [9.17, 15) is 9.59 Å². The fraction of sp³-hybridized carbons (Fsp3) is 0.438. The SMILES string of the molecule is CCOC(=O)C1CCCN(C(=O)/C=C/c2cccnc2)C1. The third-order valence-electron chi connectivity index (χ3n) is 3.46. The Labute approximate surface area is 124 Å². The lowest BCUT2D eigenvalue weighted by Crippen LogP contribution is -2.42. The molecule has 2 heterocycles. The zero-order valence-electron chi connectivity index (χ0n) is 12.2. The molecule has 1 fully saturated rings. The van der Waals surface area contributed by atoms with Crippen LogP contribution < -0.4 is 0 Å². The van der Waals surface area contributed by atoms with Gasteiger partial charge in [0.25, 0.3) is 0 Å². The smallest absolute Gasteiger partial charge is 0.310 e. The first-order chi connectivity index (χ1) is 10.2. The Kier molecular flexibility index (Phi) is 5.49. The van der Waals surface area contributed by atoms with Crippen molar-refractivity contribution in [3.8, 4) is 0 Å². The lowest BCUT2D eigenvalue weighted by atomic mass is 9.98. The number of piperidine rings is 1. The van der Waals surface area contributed by atoms with Crippen molar-refractivity contribution < 1.29 is 14.3 Å². The highest BCUT2D eigenvalue weighted by molar-refractivity contribution is 5.92. The highest BCUT2D eigenvalue weighted by Gasteiger charge is 2.28. The molecule has 0 N–H and O–H groups in total. The van der Waals surface area contributed by atoms with E-state index in [1.54, 1.807) is 30.3 Å². The van der Waals surface area contributed by atoms with Crippen LogP contribution >= 0.6 is 0 Å². The summed E-state index contributed by atoms with van der Waals surface area (Å²) in [6, 6.07) is 3.70. The summed E-state index contributed by atoms with van der Waals surface area (Å²) in [5.41, 5.74) is 0.879. The van der Waals surface area contributed by atoms with Crippen molar-refractivity contribution >= 4 is 18.0 Å². The monoisotopic (exact) mass is 288 g/mol. The molecule has 5 heteroatoms. The van der Waals surface area contributed by atoms with Gasteiger partial charge >= 0.3 is 5.97 Å². The van der Waals surface area contributed by atoms with Crippen LogP contribution in [0, 0.1) is 5.92 Å². The first kappa shape index (κ1) is 15.2. The molecule has 0 bridgehead atoms. The van der Waals surface area contributed by atoms with Crippen molar-refractivity contribution in [1.82, 2.24) is 9.88 Å². The largest absolute Gasteiger partial charge is 0.466 e. The van der Waals surface area contributed by atoms with Crippen molar-refractivity contribution in [1.29, 1.82) is 0 Å². The van der Waals surface area contributed by atoms with Gasteiger partial charge in [-0.1, -0.05) is 6.07 Å². The maximum absolute atomic E-state index is 12.2. The van der Waals surface area contributed by atoms with Crippen LogP contribution in [0.5, 0.6) is 0 Å². The summed E-state index contributed by atoms with van der Waals surface area (Å²) in [6.07, 6.45) is 8.27. The van der Waals surface area contributed by atoms with Gasteiger partial charge in [-0.15, -0.1) is 0 Å². The molecule has 0 radical (unpaired) electrons. The molecule has 21 heavy (non-hydrogen) atoms. The molecule has 1 amide bonds. The Bertz CT molecular complexity index is 514. The first-order valence-corrected chi connectivity index (χ1v) is 7.24. The lowest BCUT2D eigenvalue weighted by molar-refractivity contribution is -0.150. The van der Waals surface area contributed by atoms with Crippen LogP contribution in [-0.2, 0) is 14.3 Å². The second kappa shape index (κ2) is 7.57. The van der Waals surface area contributed by atoms with Gasteiger partial charge in [-0.3, -0.25) is 14.6 Å². The number of nitrogens with zero attached hydrogens (tertiary/aromatic N) is 2. The number of rotatable bonds is 4. The first-order valence-electron chi connectivity index (χ1n) is 7.24. The van der Waals surface area contributed by atoms with Crippen molar-refractivity contribution in [2.45, 2.75) is 19.8 Å². The minimum absolute atomic E-state index is 0.0761. The Morgan fingerprint density at radius 3 is 3.10 bits per heavy atom. The van der Waals surface area contributed by atoms with Gasteiger partial charge in [0.15, 0.2) is 0 Å². The normalized spacial score (nSPS) is 18.7. The van der Waals surface area contributed by atoms with Gasteiger partial charge in [0.1, 0.15) is 0 Å². The summed E-state index contributed by atoms with van der Waals surface area (Å²) in [7, 11) is 0. The number of carbonyl (C=O) groups is 2. The molecule has 0 saturated carbocycles. The summed E-state index contributed by atoms with van der Waals surface area (Å²) in [5, 5.41) is 0. The number of likely N-dealkylation sites (tertiary alicyclic amines) is 1. The third-order valence-corrected chi connectivity index (χ3v) is 3.46. The summed E-state index contributed by atoms with van der Waals surface area (Å²) in [6.45, 7) is 3.30. The van der Waals surface area contributed by atoms with Gasteiger partial charge in [0, 0.05) is 31.6 Å². The quantitative estimate of drug-likeness (QED) is 0.627. The molecule has 1 unspecified atom stereocenters. The van der Waals surface area contributed by atoms with Crippen LogP contribution in [0.15, 0.2) is 30.6 Å². The molecule has 112 valence electrons. The topological polar surface area (TPSA) is 59.5 Å². The number of aromatic nitrogens is 1. The van der Waals surface area contributed by atoms with Crippen LogP contribution in [0.3, 0.4) is 0 Å². The number of hydrogen-bond donors (Lipinski definition) is 0. The number of pyridine rings is 1. The molecule has 1 aromatic rings. The Hall–Kier alpha value is -2.17. The average Bonchev–Trinajstić information content (AvgIpc) is 2.54. The van der Waals surface area contributed by atoms with E-state index in [1.165, 1.54) is 6.08 Å². The van der Waals surface area contributed by atoms with Gasteiger partial charge in [0.2, 0.25) is 5.91 Å². The van der Waals surface area contributed by atoms with Crippen LogP contribution in [0.4, 0.5) is 0 Å². The van der Waals surface area contributed by atoms with Gasteiger partial charge in [-0.2, -0.15) is 0 Å².